The van der Waals surface area contributed by atoms with Crippen LogP contribution in [0.5, 0.6) is 0 Å². The second-order valence-electron chi connectivity index (χ2n) is 4.32. The monoisotopic (exact) mass is 317 g/mol. The van der Waals surface area contributed by atoms with Gasteiger partial charge in [0.2, 0.25) is 0 Å². The summed E-state index contributed by atoms with van der Waals surface area (Å²) in [7, 11) is 0. The van der Waals surface area contributed by atoms with Crippen LogP contribution in [-0.2, 0) is 6.54 Å². The topological polar surface area (TPSA) is 68.1 Å². The fourth-order valence-electron chi connectivity index (χ4n) is 1.85. The Morgan fingerprint density at radius 1 is 1.24 bits per heavy atom. The molecule has 7 heteroatoms. The predicted octanol–water partition coefficient (Wildman–Crippen LogP) is 4.39. The Labute approximate surface area is 129 Å². The smallest absolute Gasteiger partial charge is 0.324 e. The number of nitro groups is 1. The lowest BCUT2D eigenvalue weighted by Crippen LogP contribution is -1.97. The van der Waals surface area contributed by atoms with Gasteiger partial charge in [-0.15, -0.1) is 11.3 Å². The van der Waals surface area contributed by atoms with Gasteiger partial charge in [0.1, 0.15) is 5.01 Å². The Morgan fingerprint density at radius 3 is 2.67 bits per heavy atom. The molecule has 3 rings (SSSR count). The maximum atomic E-state index is 10.6. The lowest BCUT2D eigenvalue weighted by atomic mass is 10.2. The van der Waals surface area contributed by atoms with Crippen molar-refractivity contribution in [2.24, 2.45) is 0 Å². The summed E-state index contributed by atoms with van der Waals surface area (Å²) in [6.45, 7) is 0.570. The molecule has 2 aromatic heterocycles. The first-order valence-electron chi connectivity index (χ1n) is 6.18. The lowest BCUT2D eigenvalue weighted by Gasteiger charge is -2.05. The van der Waals surface area contributed by atoms with Crippen LogP contribution < -0.4 is 5.32 Å². The number of hydrogen-bond donors (Lipinski definition) is 1. The number of anilines is 1. The van der Waals surface area contributed by atoms with Gasteiger partial charge in [-0.1, -0.05) is 11.3 Å². The summed E-state index contributed by atoms with van der Waals surface area (Å²) in [5.74, 6) is 0. The molecule has 3 aromatic rings. The largest absolute Gasteiger partial charge is 0.381 e. The summed E-state index contributed by atoms with van der Waals surface area (Å²) >= 11 is 2.75. The van der Waals surface area contributed by atoms with Crippen molar-refractivity contribution in [1.29, 1.82) is 0 Å². The van der Waals surface area contributed by atoms with E-state index in [-0.39, 0.29) is 9.92 Å². The maximum Gasteiger partial charge on any atom is 0.324 e. The van der Waals surface area contributed by atoms with Crippen LogP contribution in [0.25, 0.3) is 10.6 Å². The van der Waals surface area contributed by atoms with Crippen LogP contribution in [0.1, 0.15) is 5.56 Å². The number of rotatable bonds is 5. The molecule has 21 heavy (non-hydrogen) atoms. The normalized spacial score (nSPS) is 10.5. The molecular formula is C14H11N3O2S2. The number of thiophene rings is 1. The first kappa shape index (κ1) is 13.7. The van der Waals surface area contributed by atoms with Crippen LogP contribution in [0.4, 0.5) is 10.7 Å². The van der Waals surface area contributed by atoms with Crippen LogP contribution >= 0.6 is 22.7 Å². The van der Waals surface area contributed by atoms with Crippen molar-refractivity contribution in [3.63, 3.8) is 0 Å². The second-order valence-corrected chi connectivity index (χ2v) is 6.10. The molecule has 0 aliphatic rings. The van der Waals surface area contributed by atoms with Crippen LogP contribution in [-0.4, -0.2) is 9.91 Å². The van der Waals surface area contributed by atoms with Crippen molar-refractivity contribution < 1.29 is 4.92 Å². The summed E-state index contributed by atoms with van der Waals surface area (Å²) < 4.78 is 0. The number of benzene rings is 1. The Bertz CT molecular complexity index is 736. The standard InChI is InChI=1S/C14H11N3O2S2/c18-17(19)13-7-10(9-21-13)8-16-12-3-1-11(2-4-12)14-15-5-6-20-14/h1-7,9,16H,8H2. The summed E-state index contributed by atoms with van der Waals surface area (Å²) in [5, 5.41) is 18.8. The molecular weight excluding hydrogens is 306 g/mol. The molecule has 0 unspecified atom stereocenters. The Morgan fingerprint density at radius 2 is 2.05 bits per heavy atom. The van der Waals surface area contributed by atoms with Crippen molar-refractivity contribution >= 4 is 33.4 Å². The van der Waals surface area contributed by atoms with E-state index >= 15 is 0 Å². The maximum absolute atomic E-state index is 10.6. The lowest BCUT2D eigenvalue weighted by molar-refractivity contribution is -0.380. The third-order valence-electron chi connectivity index (χ3n) is 2.88. The van der Waals surface area contributed by atoms with Gasteiger partial charge in [0.05, 0.1) is 4.92 Å². The summed E-state index contributed by atoms with van der Waals surface area (Å²) in [6.07, 6.45) is 1.79. The van der Waals surface area contributed by atoms with E-state index in [0.29, 0.717) is 6.54 Å². The summed E-state index contributed by atoms with van der Waals surface area (Å²) in [4.78, 5) is 14.5. The zero-order valence-corrected chi connectivity index (χ0v) is 12.5. The fourth-order valence-corrected chi connectivity index (χ4v) is 3.23. The van der Waals surface area contributed by atoms with E-state index in [1.807, 2.05) is 29.6 Å². The van der Waals surface area contributed by atoms with E-state index in [9.17, 15) is 10.1 Å². The zero-order chi connectivity index (χ0) is 14.7. The molecule has 0 saturated heterocycles. The predicted molar refractivity (Wildman–Crippen MR) is 85.9 cm³/mol. The molecule has 2 heterocycles. The van der Waals surface area contributed by atoms with Crippen molar-refractivity contribution in [2.75, 3.05) is 5.32 Å². The van der Waals surface area contributed by atoms with E-state index in [1.165, 1.54) is 0 Å². The molecule has 0 atom stereocenters. The molecule has 0 saturated carbocycles. The number of aromatic nitrogens is 1. The minimum atomic E-state index is -0.364. The Balaban J connectivity index is 1.64. The number of nitrogens with zero attached hydrogens (tertiary/aromatic N) is 2. The van der Waals surface area contributed by atoms with Gasteiger partial charge in [-0.25, -0.2) is 4.98 Å². The van der Waals surface area contributed by atoms with E-state index in [0.717, 1.165) is 33.2 Å². The third kappa shape index (κ3) is 3.26. The van der Waals surface area contributed by atoms with Crippen molar-refractivity contribution in [3.8, 4) is 10.6 Å². The SMILES string of the molecule is O=[N+]([O-])c1cc(CNc2ccc(-c3nccs3)cc2)cs1. The number of thiazole rings is 1. The van der Waals surface area contributed by atoms with E-state index in [1.54, 1.807) is 29.0 Å². The highest BCUT2D eigenvalue weighted by Gasteiger charge is 2.09. The van der Waals surface area contributed by atoms with Gasteiger partial charge in [0, 0.05) is 40.8 Å². The van der Waals surface area contributed by atoms with Crippen LogP contribution in [0.15, 0.2) is 47.3 Å². The quantitative estimate of drug-likeness (QED) is 0.559. The first-order valence-corrected chi connectivity index (χ1v) is 7.94. The third-order valence-corrected chi connectivity index (χ3v) is 4.63. The minimum absolute atomic E-state index is 0.172. The molecule has 1 N–H and O–H groups in total. The van der Waals surface area contributed by atoms with E-state index in [4.69, 9.17) is 0 Å². The van der Waals surface area contributed by atoms with Gasteiger partial charge in [-0.3, -0.25) is 10.1 Å². The van der Waals surface area contributed by atoms with Crippen molar-refractivity contribution in [3.05, 3.63) is 63.0 Å². The van der Waals surface area contributed by atoms with Crippen molar-refractivity contribution in [1.82, 2.24) is 4.98 Å². The van der Waals surface area contributed by atoms with Gasteiger partial charge >= 0.3 is 5.00 Å². The molecule has 5 nitrogen and oxygen atoms in total. The van der Waals surface area contributed by atoms with Gasteiger partial charge in [-0.05, 0) is 29.8 Å². The molecule has 0 amide bonds. The summed E-state index contributed by atoms with van der Waals surface area (Å²) in [5.41, 5.74) is 2.97. The Kier molecular flexibility index (Phi) is 3.94. The molecule has 0 radical (unpaired) electrons. The minimum Gasteiger partial charge on any atom is -0.381 e. The summed E-state index contributed by atoms with van der Waals surface area (Å²) in [6, 6.07) is 9.59. The van der Waals surface area contributed by atoms with E-state index in [2.05, 4.69) is 10.3 Å². The highest BCUT2D eigenvalue weighted by atomic mass is 32.1. The molecule has 0 bridgehead atoms. The molecule has 0 spiro atoms. The zero-order valence-electron chi connectivity index (χ0n) is 10.9. The van der Waals surface area contributed by atoms with Crippen LogP contribution in [0.3, 0.4) is 0 Å². The highest BCUT2D eigenvalue weighted by molar-refractivity contribution is 7.13. The molecule has 106 valence electrons. The average molecular weight is 317 g/mol. The molecule has 0 aliphatic carbocycles. The molecule has 0 aliphatic heterocycles. The first-order chi connectivity index (χ1) is 10.2. The molecule has 0 fully saturated rings. The highest BCUT2D eigenvalue weighted by Crippen LogP contribution is 2.25. The number of nitrogens with one attached hydrogen (secondary N) is 1. The molecule has 1 aromatic carbocycles. The van der Waals surface area contributed by atoms with Gasteiger partial charge in [0.25, 0.3) is 0 Å². The van der Waals surface area contributed by atoms with Crippen LogP contribution in [0.2, 0.25) is 0 Å². The fraction of sp³-hybridized carbons (Fsp3) is 0.0714. The van der Waals surface area contributed by atoms with Gasteiger partial charge in [-0.2, -0.15) is 0 Å². The average Bonchev–Trinajstić information content (AvgIpc) is 3.17. The van der Waals surface area contributed by atoms with E-state index < -0.39 is 0 Å². The van der Waals surface area contributed by atoms with Gasteiger partial charge < -0.3 is 5.32 Å². The second kappa shape index (κ2) is 6.02. The Hall–Kier alpha value is -2.25. The number of hydrogen-bond acceptors (Lipinski definition) is 6. The van der Waals surface area contributed by atoms with Crippen molar-refractivity contribution in [2.45, 2.75) is 6.54 Å². The van der Waals surface area contributed by atoms with Crippen LogP contribution in [0, 0.1) is 10.1 Å². The van der Waals surface area contributed by atoms with Gasteiger partial charge in [0.15, 0.2) is 0 Å².